The molecule has 0 radical (unpaired) electrons. The number of hydrogen-bond donors (Lipinski definition) is 3. The smallest absolute Gasteiger partial charge is 0.336 e. The van der Waals surface area contributed by atoms with Crippen molar-refractivity contribution in [1.82, 2.24) is 5.32 Å². The molecule has 19 heavy (non-hydrogen) atoms. The molecule has 0 aliphatic carbocycles. The normalized spacial score (nSPS) is 13.2. The molecule has 0 heterocycles. The van der Waals surface area contributed by atoms with Crippen LogP contribution in [0.3, 0.4) is 0 Å². The van der Waals surface area contributed by atoms with Crippen LogP contribution in [-0.2, 0) is 23.9 Å². The number of carbonyl (C=O) groups is 4. The summed E-state index contributed by atoms with van der Waals surface area (Å²) in [5, 5.41) is 2.25. The molecule has 0 spiro atoms. The van der Waals surface area contributed by atoms with Crippen LogP contribution in [0.15, 0.2) is 0 Å². The summed E-state index contributed by atoms with van der Waals surface area (Å²) in [6, 6.07) is -2.21. The Morgan fingerprint density at radius 2 is 2.00 bits per heavy atom. The van der Waals surface area contributed by atoms with Gasteiger partial charge in [0.1, 0.15) is 12.1 Å². The largest absolute Gasteiger partial charge is 0.390 e. The maximum atomic E-state index is 11.6. The van der Waals surface area contributed by atoms with Gasteiger partial charge in [0.25, 0.3) is 0 Å². The van der Waals surface area contributed by atoms with Crippen molar-refractivity contribution in [3.05, 3.63) is 0 Å². The van der Waals surface area contributed by atoms with Crippen molar-refractivity contribution < 1.29 is 23.9 Å². The number of nitrogens with one attached hydrogen (secondary N) is 1. The predicted molar refractivity (Wildman–Crippen MR) is 68.9 cm³/mol. The second-order valence-corrected chi connectivity index (χ2v) is 4.62. The maximum Gasteiger partial charge on any atom is 0.336 e. The van der Waals surface area contributed by atoms with Crippen LogP contribution < -0.4 is 16.8 Å². The Morgan fingerprint density at radius 3 is 2.47 bits per heavy atom. The topological polar surface area (TPSA) is 142 Å². The van der Waals surface area contributed by atoms with Crippen molar-refractivity contribution in [3.8, 4) is 0 Å². The summed E-state index contributed by atoms with van der Waals surface area (Å²) in [7, 11) is 0. The van der Waals surface area contributed by atoms with E-state index in [4.69, 9.17) is 11.5 Å². The molecule has 0 aliphatic rings. The second kappa shape index (κ2) is 9.34. The minimum Gasteiger partial charge on any atom is -0.390 e. The lowest BCUT2D eigenvalue weighted by atomic mass is 10.2. The highest BCUT2D eigenvalue weighted by molar-refractivity contribution is 7.98. The molecule has 0 fully saturated rings. The molecule has 0 aromatic heterocycles. The van der Waals surface area contributed by atoms with Crippen LogP contribution in [0.25, 0.3) is 0 Å². The Hall–Kier alpha value is -1.61. The number of ether oxygens (including phenoxy) is 1. The van der Waals surface area contributed by atoms with Gasteiger partial charge in [-0.05, 0) is 18.4 Å². The molecule has 5 N–H and O–H groups in total. The molecule has 108 valence electrons. The van der Waals surface area contributed by atoms with E-state index in [9.17, 15) is 19.2 Å². The minimum absolute atomic E-state index is 0.317. The quantitative estimate of drug-likeness (QED) is 0.256. The molecule has 9 heteroatoms. The predicted octanol–water partition coefficient (Wildman–Crippen LogP) is -1.87. The molecule has 0 saturated heterocycles. The first-order valence-corrected chi connectivity index (χ1v) is 6.79. The first kappa shape index (κ1) is 17.4. The van der Waals surface area contributed by atoms with Gasteiger partial charge in [0.05, 0.1) is 6.42 Å². The van der Waals surface area contributed by atoms with Gasteiger partial charge in [-0.2, -0.15) is 11.8 Å². The van der Waals surface area contributed by atoms with E-state index in [1.54, 1.807) is 0 Å². The Morgan fingerprint density at radius 1 is 1.37 bits per heavy atom. The number of thioether (sulfide) groups is 1. The fraction of sp³-hybridized carbons (Fsp3) is 0.600. The molecule has 0 unspecified atom stereocenters. The van der Waals surface area contributed by atoms with Gasteiger partial charge in [0, 0.05) is 0 Å². The second-order valence-electron chi connectivity index (χ2n) is 3.64. The standard InChI is InChI=1S/C10H17N3O5S/c1-19-3-2-7(13-5-14)10(17)18-9(16)6(11)4-8(12)15/h5-7H,2-4,11H2,1H3,(H2,12,15)(H,13,14)/t6-,7-/m0/s1. The number of rotatable bonds is 9. The van der Waals surface area contributed by atoms with E-state index in [1.807, 2.05) is 6.26 Å². The van der Waals surface area contributed by atoms with Gasteiger partial charge in [-0.1, -0.05) is 0 Å². The third-order valence-corrected chi connectivity index (χ3v) is 2.73. The van der Waals surface area contributed by atoms with Crippen LogP contribution in [0.4, 0.5) is 0 Å². The van der Waals surface area contributed by atoms with Crippen LogP contribution in [-0.4, -0.2) is 48.3 Å². The van der Waals surface area contributed by atoms with Gasteiger partial charge < -0.3 is 21.5 Å². The lowest BCUT2D eigenvalue weighted by molar-refractivity contribution is -0.163. The summed E-state index contributed by atoms with van der Waals surface area (Å²) < 4.78 is 4.48. The van der Waals surface area contributed by atoms with Gasteiger partial charge in [-0.25, -0.2) is 9.59 Å². The van der Waals surface area contributed by atoms with E-state index >= 15 is 0 Å². The Balaban J connectivity index is 4.40. The zero-order chi connectivity index (χ0) is 14.8. The van der Waals surface area contributed by atoms with Crippen molar-refractivity contribution in [2.75, 3.05) is 12.0 Å². The van der Waals surface area contributed by atoms with Gasteiger partial charge >= 0.3 is 11.9 Å². The van der Waals surface area contributed by atoms with Crippen LogP contribution in [0.1, 0.15) is 12.8 Å². The van der Waals surface area contributed by atoms with E-state index in [-0.39, 0.29) is 0 Å². The van der Waals surface area contributed by atoms with Gasteiger partial charge in [0.2, 0.25) is 12.3 Å². The number of nitrogens with two attached hydrogens (primary N) is 2. The monoisotopic (exact) mass is 291 g/mol. The van der Waals surface area contributed by atoms with Gasteiger partial charge in [0.15, 0.2) is 0 Å². The lowest BCUT2D eigenvalue weighted by Gasteiger charge is -2.15. The first-order chi connectivity index (χ1) is 8.92. The molecule has 0 saturated carbocycles. The van der Waals surface area contributed by atoms with Crippen molar-refractivity contribution in [3.63, 3.8) is 0 Å². The summed E-state index contributed by atoms with van der Waals surface area (Å²) in [5.74, 6) is -2.14. The van der Waals surface area contributed by atoms with E-state index in [2.05, 4.69) is 10.1 Å². The van der Waals surface area contributed by atoms with Crippen molar-refractivity contribution in [2.24, 2.45) is 11.5 Å². The fourth-order valence-electron chi connectivity index (χ4n) is 1.13. The molecule has 2 amide bonds. The summed E-state index contributed by atoms with van der Waals surface area (Å²) in [6.45, 7) is 0. The van der Waals surface area contributed by atoms with E-state index in [0.717, 1.165) is 0 Å². The summed E-state index contributed by atoms with van der Waals surface area (Å²) in [5.41, 5.74) is 10.2. The van der Waals surface area contributed by atoms with Crippen molar-refractivity contribution >= 4 is 36.0 Å². The zero-order valence-electron chi connectivity index (χ0n) is 10.5. The highest BCUT2D eigenvalue weighted by atomic mass is 32.2. The van der Waals surface area contributed by atoms with Gasteiger partial charge in [-0.3, -0.25) is 9.59 Å². The summed E-state index contributed by atoms with van der Waals surface area (Å²) in [4.78, 5) is 43.9. The van der Waals surface area contributed by atoms with Crippen LogP contribution >= 0.6 is 11.8 Å². The SMILES string of the molecule is CSCC[C@H](NC=O)C(=O)OC(=O)[C@@H](N)CC(N)=O. The van der Waals surface area contributed by atoms with Crippen LogP contribution in [0, 0.1) is 0 Å². The van der Waals surface area contributed by atoms with Crippen LogP contribution in [0.2, 0.25) is 0 Å². The molecule has 0 aliphatic heterocycles. The van der Waals surface area contributed by atoms with Crippen LogP contribution in [0.5, 0.6) is 0 Å². The Kier molecular flexibility index (Phi) is 8.55. The molecule has 0 bridgehead atoms. The molecule has 0 rings (SSSR count). The van der Waals surface area contributed by atoms with E-state index in [1.165, 1.54) is 11.8 Å². The molecule has 0 aromatic carbocycles. The first-order valence-electron chi connectivity index (χ1n) is 5.40. The average molecular weight is 291 g/mol. The van der Waals surface area contributed by atoms with Crippen molar-refractivity contribution in [1.29, 1.82) is 0 Å². The third-order valence-electron chi connectivity index (χ3n) is 2.09. The average Bonchev–Trinajstić information content (AvgIpc) is 2.33. The minimum atomic E-state index is -1.29. The third kappa shape index (κ3) is 7.42. The summed E-state index contributed by atoms with van der Waals surface area (Å²) in [6.07, 6.45) is 2.08. The Bertz CT molecular complexity index is 350. The maximum absolute atomic E-state index is 11.6. The molecule has 0 aromatic rings. The number of hydrogen-bond acceptors (Lipinski definition) is 7. The van der Waals surface area contributed by atoms with E-state index in [0.29, 0.717) is 18.6 Å². The number of esters is 2. The highest BCUT2D eigenvalue weighted by Gasteiger charge is 2.25. The molecule has 2 atom stereocenters. The van der Waals surface area contributed by atoms with E-state index < -0.39 is 36.4 Å². The summed E-state index contributed by atoms with van der Waals surface area (Å²) >= 11 is 1.47. The number of carbonyl (C=O) groups excluding carboxylic acids is 4. The molecule has 8 nitrogen and oxygen atoms in total. The lowest BCUT2D eigenvalue weighted by Crippen LogP contribution is -2.43. The molecular formula is C10H17N3O5S. The number of primary amides is 1. The van der Waals surface area contributed by atoms with Crippen molar-refractivity contribution in [2.45, 2.75) is 24.9 Å². The number of amides is 2. The van der Waals surface area contributed by atoms with Gasteiger partial charge in [-0.15, -0.1) is 0 Å². The fourth-order valence-corrected chi connectivity index (χ4v) is 1.60. The Labute approximate surface area is 114 Å². The highest BCUT2D eigenvalue weighted by Crippen LogP contribution is 2.03. The molecular weight excluding hydrogens is 274 g/mol. The zero-order valence-corrected chi connectivity index (χ0v) is 11.3.